The van der Waals surface area contributed by atoms with E-state index in [1.54, 1.807) is 37.4 Å². The van der Waals surface area contributed by atoms with Gasteiger partial charge in [0.05, 0.1) is 10.5 Å². The maximum absolute atomic E-state index is 10.8. The van der Waals surface area contributed by atoms with Gasteiger partial charge in [-0.15, -0.1) is 0 Å². The quantitative estimate of drug-likeness (QED) is 0.487. The molecule has 1 heterocycles. The van der Waals surface area contributed by atoms with Gasteiger partial charge < -0.3 is 4.74 Å². The summed E-state index contributed by atoms with van der Waals surface area (Å²) in [7, 11) is 0. The van der Waals surface area contributed by atoms with E-state index < -0.39 is 4.92 Å². The topological polar surface area (TPSA) is 65.3 Å². The van der Waals surface area contributed by atoms with E-state index in [2.05, 4.69) is 4.98 Å². The first-order valence-electron chi connectivity index (χ1n) is 5.55. The van der Waals surface area contributed by atoms with Crippen LogP contribution in [0, 0.1) is 17.0 Å². The average molecular weight is 279 g/mol. The third kappa shape index (κ3) is 3.20. The van der Waals surface area contributed by atoms with E-state index in [-0.39, 0.29) is 12.3 Å². The number of aromatic nitrogens is 1. The Labute approximate surface area is 115 Å². The minimum atomic E-state index is -0.425. The largest absolute Gasteiger partial charge is 0.488 e. The zero-order valence-electron chi connectivity index (χ0n) is 10.2. The smallest absolute Gasteiger partial charge is 0.276 e. The number of nitro groups is 1. The van der Waals surface area contributed by atoms with Gasteiger partial charge in [0.1, 0.15) is 17.5 Å². The molecule has 0 aliphatic carbocycles. The third-order valence-corrected chi connectivity index (χ3v) is 2.86. The highest BCUT2D eigenvalue weighted by atomic mass is 35.5. The first kappa shape index (κ1) is 13.3. The number of hydrogen-bond donors (Lipinski definition) is 0. The normalized spacial score (nSPS) is 10.2. The molecule has 0 aliphatic heterocycles. The van der Waals surface area contributed by atoms with Crippen molar-refractivity contribution in [3.8, 4) is 5.75 Å². The van der Waals surface area contributed by atoms with Gasteiger partial charge in [-0.25, -0.2) is 4.98 Å². The maximum Gasteiger partial charge on any atom is 0.276 e. The van der Waals surface area contributed by atoms with E-state index in [0.29, 0.717) is 16.5 Å². The number of halogens is 1. The third-order valence-electron chi connectivity index (χ3n) is 2.64. The Balaban J connectivity index is 2.13. The molecule has 1 aromatic carbocycles. The number of rotatable bonds is 4. The molecule has 0 radical (unpaired) electrons. The zero-order chi connectivity index (χ0) is 13.8. The van der Waals surface area contributed by atoms with Crippen molar-refractivity contribution in [1.29, 1.82) is 0 Å². The summed E-state index contributed by atoms with van der Waals surface area (Å²) in [5.41, 5.74) is 1.40. The SMILES string of the molecule is Cc1c(OCc2ccc(Cl)nc2)cccc1[N+](=O)[O-]. The Morgan fingerprint density at radius 3 is 2.79 bits per heavy atom. The number of nitrogens with zero attached hydrogens (tertiary/aromatic N) is 2. The number of hydrogen-bond acceptors (Lipinski definition) is 4. The number of pyridine rings is 1. The lowest BCUT2D eigenvalue weighted by atomic mass is 10.2. The fraction of sp³-hybridized carbons (Fsp3) is 0.154. The van der Waals surface area contributed by atoms with Gasteiger partial charge in [0.25, 0.3) is 5.69 Å². The van der Waals surface area contributed by atoms with Crippen molar-refractivity contribution >= 4 is 17.3 Å². The van der Waals surface area contributed by atoms with Crippen molar-refractivity contribution < 1.29 is 9.66 Å². The molecule has 2 rings (SSSR count). The van der Waals surface area contributed by atoms with Crippen LogP contribution in [0.2, 0.25) is 5.15 Å². The van der Waals surface area contributed by atoms with Crippen LogP contribution in [0.1, 0.15) is 11.1 Å². The Kier molecular flexibility index (Phi) is 3.97. The Hall–Kier alpha value is -2.14. The van der Waals surface area contributed by atoms with E-state index in [4.69, 9.17) is 16.3 Å². The fourth-order valence-electron chi connectivity index (χ4n) is 1.61. The summed E-state index contributed by atoms with van der Waals surface area (Å²) >= 11 is 5.68. The van der Waals surface area contributed by atoms with Gasteiger partial charge in [-0.05, 0) is 19.1 Å². The summed E-state index contributed by atoms with van der Waals surface area (Å²) in [4.78, 5) is 14.3. The molecule has 0 amide bonds. The highest BCUT2D eigenvalue weighted by molar-refractivity contribution is 6.29. The van der Waals surface area contributed by atoms with Crippen molar-refractivity contribution in [2.45, 2.75) is 13.5 Å². The van der Waals surface area contributed by atoms with Crippen LogP contribution < -0.4 is 4.74 Å². The molecule has 0 saturated carbocycles. The number of nitro benzene ring substituents is 1. The lowest BCUT2D eigenvalue weighted by molar-refractivity contribution is -0.385. The molecule has 0 saturated heterocycles. The molecule has 1 aromatic heterocycles. The van der Waals surface area contributed by atoms with E-state index in [1.807, 2.05) is 0 Å². The maximum atomic E-state index is 10.8. The van der Waals surface area contributed by atoms with Crippen LogP contribution in [0.4, 0.5) is 5.69 Å². The Bertz CT molecular complexity index is 599. The molecule has 0 aliphatic rings. The molecular weight excluding hydrogens is 268 g/mol. The molecule has 98 valence electrons. The van der Waals surface area contributed by atoms with E-state index in [0.717, 1.165) is 5.56 Å². The van der Waals surface area contributed by atoms with Gasteiger partial charge in [-0.3, -0.25) is 10.1 Å². The van der Waals surface area contributed by atoms with E-state index >= 15 is 0 Å². The second-order valence-electron chi connectivity index (χ2n) is 3.94. The van der Waals surface area contributed by atoms with Crippen LogP contribution in [0.3, 0.4) is 0 Å². The molecule has 0 bridgehead atoms. The molecule has 0 N–H and O–H groups in total. The lowest BCUT2D eigenvalue weighted by Crippen LogP contribution is -1.99. The van der Waals surface area contributed by atoms with Crippen LogP contribution in [-0.2, 0) is 6.61 Å². The van der Waals surface area contributed by atoms with Crippen molar-refractivity contribution in [2.24, 2.45) is 0 Å². The van der Waals surface area contributed by atoms with Crippen LogP contribution in [0.25, 0.3) is 0 Å². The van der Waals surface area contributed by atoms with Gasteiger partial charge in [0.2, 0.25) is 0 Å². The second-order valence-corrected chi connectivity index (χ2v) is 4.32. The van der Waals surface area contributed by atoms with Crippen molar-refractivity contribution in [2.75, 3.05) is 0 Å². The first-order chi connectivity index (χ1) is 9.08. The molecule has 0 spiro atoms. The minimum Gasteiger partial charge on any atom is -0.488 e. The lowest BCUT2D eigenvalue weighted by Gasteiger charge is -2.09. The summed E-state index contributed by atoms with van der Waals surface area (Å²) in [5, 5.41) is 11.2. The number of ether oxygens (including phenoxy) is 1. The van der Waals surface area contributed by atoms with Crippen LogP contribution in [0.15, 0.2) is 36.5 Å². The van der Waals surface area contributed by atoms with Crippen LogP contribution in [0.5, 0.6) is 5.75 Å². The summed E-state index contributed by atoms with van der Waals surface area (Å²) in [6, 6.07) is 8.21. The molecule has 0 fully saturated rings. The van der Waals surface area contributed by atoms with Gasteiger partial charge in [-0.2, -0.15) is 0 Å². The molecule has 0 unspecified atom stereocenters. The van der Waals surface area contributed by atoms with Crippen LogP contribution >= 0.6 is 11.6 Å². The van der Waals surface area contributed by atoms with Crippen LogP contribution in [-0.4, -0.2) is 9.91 Å². The monoisotopic (exact) mass is 278 g/mol. The number of benzene rings is 1. The van der Waals surface area contributed by atoms with Gasteiger partial charge in [0.15, 0.2) is 0 Å². The molecule has 19 heavy (non-hydrogen) atoms. The van der Waals surface area contributed by atoms with Crippen molar-refractivity contribution in [1.82, 2.24) is 4.98 Å². The first-order valence-corrected chi connectivity index (χ1v) is 5.93. The van der Waals surface area contributed by atoms with Gasteiger partial charge in [-0.1, -0.05) is 23.7 Å². The molecular formula is C13H11ClN2O3. The summed E-state index contributed by atoms with van der Waals surface area (Å²) < 4.78 is 5.57. The molecule has 2 aromatic rings. The highest BCUT2D eigenvalue weighted by Gasteiger charge is 2.14. The highest BCUT2D eigenvalue weighted by Crippen LogP contribution is 2.27. The molecule has 6 heteroatoms. The van der Waals surface area contributed by atoms with E-state index in [1.165, 1.54) is 6.07 Å². The zero-order valence-corrected chi connectivity index (χ0v) is 10.9. The van der Waals surface area contributed by atoms with Crippen molar-refractivity contribution in [3.05, 3.63) is 62.9 Å². The molecule has 5 nitrogen and oxygen atoms in total. The Morgan fingerprint density at radius 1 is 1.37 bits per heavy atom. The minimum absolute atomic E-state index is 0.0479. The standard InChI is InChI=1S/C13H11ClN2O3/c1-9-11(16(17)18)3-2-4-12(9)19-8-10-5-6-13(14)15-7-10/h2-7H,8H2,1H3. The summed E-state index contributed by atoms with van der Waals surface area (Å²) in [6.45, 7) is 1.94. The average Bonchev–Trinajstić information content (AvgIpc) is 2.39. The Morgan fingerprint density at radius 2 is 2.16 bits per heavy atom. The van der Waals surface area contributed by atoms with Gasteiger partial charge >= 0.3 is 0 Å². The summed E-state index contributed by atoms with van der Waals surface area (Å²) in [5.74, 6) is 0.490. The van der Waals surface area contributed by atoms with E-state index in [9.17, 15) is 10.1 Å². The summed E-state index contributed by atoms with van der Waals surface area (Å²) in [6.07, 6.45) is 1.61. The van der Waals surface area contributed by atoms with Crippen molar-refractivity contribution in [3.63, 3.8) is 0 Å². The second kappa shape index (κ2) is 5.67. The fourth-order valence-corrected chi connectivity index (χ4v) is 1.72. The molecule has 0 atom stereocenters. The van der Waals surface area contributed by atoms with Gasteiger partial charge in [0, 0.05) is 17.8 Å². The predicted octanol–water partition coefficient (Wildman–Crippen LogP) is 3.53. The predicted molar refractivity (Wildman–Crippen MR) is 71.4 cm³/mol.